The van der Waals surface area contributed by atoms with E-state index in [0.29, 0.717) is 0 Å². The van der Waals surface area contributed by atoms with Gasteiger partial charge in [0.1, 0.15) is 11.9 Å². The van der Waals surface area contributed by atoms with Gasteiger partial charge in [-0.05, 0) is 7.05 Å². The van der Waals surface area contributed by atoms with E-state index in [0.717, 1.165) is 38.0 Å². The van der Waals surface area contributed by atoms with Crippen molar-refractivity contribution in [2.45, 2.75) is 31.8 Å². The van der Waals surface area contributed by atoms with Gasteiger partial charge in [0.2, 0.25) is 0 Å². The number of hydrogen-bond acceptors (Lipinski definition) is 5. The highest BCUT2D eigenvalue weighted by Crippen LogP contribution is 2.36. The van der Waals surface area contributed by atoms with E-state index in [1.165, 1.54) is 6.92 Å². The van der Waals surface area contributed by atoms with Crippen molar-refractivity contribution in [2.24, 2.45) is 0 Å². The Morgan fingerprint density at radius 3 is 2.88 bits per heavy atom. The van der Waals surface area contributed by atoms with Crippen molar-refractivity contribution in [1.82, 2.24) is 10.4 Å². The molecule has 1 saturated heterocycles. The first-order valence-electron chi connectivity index (χ1n) is 5.58. The fraction of sp³-hybridized carbons (Fsp3) is 0.727. The number of nitrogens with one attached hydrogen (secondary N) is 1. The van der Waals surface area contributed by atoms with Crippen LogP contribution < -0.4 is 5.48 Å². The van der Waals surface area contributed by atoms with E-state index in [-0.39, 0.29) is 11.6 Å². The highest BCUT2D eigenvalue weighted by atomic mass is 16.7. The first-order chi connectivity index (χ1) is 7.60. The summed E-state index contributed by atoms with van der Waals surface area (Å²) < 4.78 is 5.73. The van der Waals surface area contributed by atoms with Crippen LogP contribution in [-0.2, 0) is 14.4 Å². The van der Waals surface area contributed by atoms with Gasteiger partial charge in [-0.3, -0.25) is 4.79 Å². The Morgan fingerprint density at radius 1 is 1.56 bits per heavy atom. The quantitative estimate of drug-likeness (QED) is 0.705. The monoisotopic (exact) mass is 226 g/mol. The van der Waals surface area contributed by atoms with Gasteiger partial charge in [0.25, 0.3) is 0 Å². The van der Waals surface area contributed by atoms with Gasteiger partial charge < -0.3 is 14.5 Å². The molecule has 90 valence electrons. The molecule has 2 aliphatic rings. The van der Waals surface area contributed by atoms with Crippen LogP contribution in [0.5, 0.6) is 0 Å². The fourth-order valence-electron chi connectivity index (χ4n) is 2.14. The van der Waals surface area contributed by atoms with Crippen LogP contribution in [0.25, 0.3) is 0 Å². The summed E-state index contributed by atoms with van der Waals surface area (Å²) in [5, 5.41) is 0. The third-order valence-electron chi connectivity index (χ3n) is 3.19. The molecule has 5 heteroatoms. The molecule has 2 heterocycles. The van der Waals surface area contributed by atoms with Crippen LogP contribution in [0.1, 0.15) is 26.2 Å². The zero-order chi connectivity index (χ0) is 11.6. The van der Waals surface area contributed by atoms with Gasteiger partial charge in [-0.2, -0.15) is 0 Å². The number of carbonyl (C=O) groups excluding carboxylic acids is 1. The Hall–Kier alpha value is -1.23. The van der Waals surface area contributed by atoms with Crippen molar-refractivity contribution in [3.8, 4) is 0 Å². The number of hydrogen-bond donors (Lipinski definition) is 1. The molecule has 0 aromatic heterocycles. The molecular weight excluding hydrogens is 208 g/mol. The maximum Gasteiger partial charge on any atom is 0.329 e. The van der Waals surface area contributed by atoms with Gasteiger partial charge in [-0.15, -0.1) is 0 Å². The van der Waals surface area contributed by atoms with Gasteiger partial charge in [-0.25, -0.2) is 5.48 Å². The maximum atomic E-state index is 10.7. The molecule has 0 bridgehead atoms. The molecule has 0 aromatic carbocycles. The molecule has 0 aromatic rings. The van der Waals surface area contributed by atoms with E-state index in [2.05, 4.69) is 17.4 Å². The molecule has 0 saturated carbocycles. The number of likely N-dealkylation sites (tertiary alicyclic amines) is 1. The number of rotatable bonds is 2. The van der Waals surface area contributed by atoms with E-state index in [4.69, 9.17) is 9.57 Å². The van der Waals surface area contributed by atoms with Crippen molar-refractivity contribution in [2.75, 3.05) is 20.1 Å². The fourth-order valence-corrected chi connectivity index (χ4v) is 2.14. The van der Waals surface area contributed by atoms with Crippen LogP contribution in [0, 0.1) is 0 Å². The highest BCUT2D eigenvalue weighted by Gasteiger charge is 2.39. The topological polar surface area (TPSA) is 50.8 Å². The molecule has 2 rings (SSSR count). The molecule has 0 unspecified atom stereocenters. The molecule has 0 amide bonds. The Balaban J connectivity index is 1.83. The smallest absolute Gasteiger partial charge is 0.329 e. The molecule has 1 spiro atoms. The summed E-state index contributed by atoms with van der Waals surface area (Å²) in [5.41, 5.74) is 3.41. The summed E-state index contributed by atoms with van der Waals surface area (Å²) >= 11 is 0. The van der Waals surface area contributed by atoms with Crippen molar-refractivity contribution in [3.63, 3.8) is 0 Å². The molecule has 1 fully saturated rings. The molecule has 0 atom stereocenters. The van der Waals surface area contributed by atoms with Gasteiger partial charge in [-0.1, -0.05) is 0 Å². The van der Waals surface area contributed by atoms with Crippen LogP contribution in [0.4, 0.5) is 0 Å². The third-order valence-corrected chi connectivity index (χ3v) is 3.19. The summed E-state index contributed by atoms with van der Waals surface area (Å²) in [5.74, 6) is -0.342. The van der Waals surface area contributed by atoms with E-state index in [9.17, 15) is 4.79 Å². The van der Waals surface area contributed by atoms with E-state index in [1.54, 1.807) is 6.26 Å². The summed E-state index contributed by atoms with van der Waals surface area (Å²) in [6.07, 6.45) is 4.51. The molecular formula is C11H18N2O3. The SMILES string of the molecule is CC(=O)ONC1=COC2(CCN(C)CC2)C1. The molecule has 5 nitrogen and oxygen atoms in total. The average Bonchev–Trinajstić information content (AvgIpc) is 2.64. The Labute approximate surface area is 95.3 Å². The second-order valence-electron chi connectivity index (χ2n) is 4.62. The maximum absolute atomic E-state index is 10.7. The number of ether oxygens (including phenoxy) is 1. The Bertz CT molecular complexity index is 306. The normalized spacial score (nSPS) is 23.8. The van der Waals surface area contributed by atoms with Crippen molar-refractivity contribution >= 4 is 5.97 Å². The van der Waals surface area contributed by atoms with Crippen molar-refractivity contribution < 1.29 is 14.4 Å². The summed E-state index contributed by atoms with van der Waals surface area (Å²) in [6.45, 7) is 3.47. The van der Waals surface area contributed by atoms with Gasteiger partial charge in [0, 0.05) is 39.3 Å². The Morgan fingerprint density at radius 2 is 2.25 bits per heavy atom. The first-order valence-corrected chi connectivity index (χ1v) is 5.58. The first kappa shape index (κ1) is 11.3. The van der Waals surface area contributed by atoms with E-state index < -0.39 is 0 Å². The largest absolute Gasteiger partial charge is 0.492 e. The summed E-state index contributed by atoms with van der Waals surface area (Å²) in [4.78, 5) is 17.7. The number of hydroxylamine groups is 1. The standard InChI is InChI=1S/C11H18N2O3/c1-9(14)16-12-10-7-11(15-8-10)3-5-13(2)6-4-11/h8,12H,3-7H2,1-2H3. The number of nitrogens with zero attached hydrogens (tertiary/aromatic N) is 1. The van der Waals surface area contributed by atoms with E-state index in [1.807, 2.05) is 0 Å². The van der Waals surface area contributed by atoms with Gasteiger partial charge in [0.15, 0.2) is 0 Å². The zero-order valence-electron chi connectivity index (χ0n) is 9.78. The zero-order valence-corrected chi connectivity index (χ0v) is 9.78. The van der Waals surface area contributed by atoms with Gasteiger partial charge >= 0.3 is 5.97 Å². The summed E-state index contributed by atoms with van der Waals surface area (Å²) in [6, 6.07) is 0. The lowest BCUT2D eigenvalue weighted by Crippen LogP contribution is -2.42. The summed E-state index contributed by atoms with van der Waals surface area (Å²) in [7, 11) is 2.12. The van der Waals surface area contributed by atoms with Crippen LogP contribution in [0.15, 0.2) is 12.0 Å². The van der Waals surface area contributed by atoms with Crippen LogP contribution in [0.3, 0.4) is 0 Å². The highest BCUT2D eigenvalue weighted by molar-refractivity contribution is 5.65. The molecule has 0 radical (unpaired) electrons. The third kappa shape index (κ3) is 2.47. The van der Waals surface area contributed by atoms with Crippen LogP contribution in [0.2, 0.25) is 0 Å². The predicted octanol–water partition coefficient (Wildman–Crippen LogP) is 0.780. The minimum Gasteiger partial charge on any atom is -0.492 e. The second kappa shape index (κ2) is 4.33. The van der Waals surface area contributed by atoms with Gasteiger partial charge in [0.05, 0.1) is 5.70 Å². The number of piperidine rings is 1. The van der Waals surface area contributed by atoms with Crippen molar-refractivity contribution in [3.05, 3.63) is 12.0 Å². The lowest BCUT2D eigenvalue weighted by Gasteiger charge is -2.36. The van der Waals surface area contributed by atoms with Crippen LogP contribution >= 0.6 is 0 Å². The molecule has 2 aliphatic heterocycles. The molecule has 0 aliphatic carbocycles. The Kier molecular flexibility index (Phi) is 3.05. The average molecular weight is 226 g/mol. The van der Waals surface area contributed by atoms with Crippen molar-refractivity contribution in [1.29, 1.82) is 0 Å². The van der Waals surface area contributed by atoms with E-state index >= 15 is 0 Å². The minimum atomic E-state index is -0.342. The molecule has 1 N–H and O–H groups in total. The predicted molar refractivity (Wildman–Crippen MR) is 58.1 cm³/mol. The second-order valence-corrected chi connectivity index (χ2v) is 4.62. The minimum absolute atomic E-state index is 0.0744. The lowest BCUT2D eigenvalue weighted by atomic mass is 9.88. The number of carbonyl (C=O) groups is 1. The van der Waals surface area contributed by atoms with Crippen LogP contribution in [-0.4, -0.2) is 36.6 Å². The lowest BCUT2D eigenvalue weighted by molar-refractivity contribution is -0.146. The molecule has 16 heavy (non-hydrogen) atoms.